The second-order valence-electron chi connectivity index (χ2n) is 6.58. The van der Waals surface area contributed by atoms with Crippen LogP contribution in [0.1, 0.15) is 51.9 Å². The van der Waals surface area contributed by atoms with Gasteiger partial charge in [-0.1, -0.05) is 19.3 Å². The number of thioether (sulfide) groups is 1. The minimum absolute atomic E-state index is 0.215. The van der Waals surface area contributed by atoms with Crippen LogP contribution in [0, 0.1) is 0 Å². The normalized spacial score (nSPS) is 29.5. The molecular weight excluding hydrogens is 258 g/mol. The van der Waals surface area contributed by atoms with Crippen LogP contribution >= 0.6 is 11.8 Å². The molecule has 2 unspecified atom stereocenters. The van der Waals surface area contributed by atoms with Crippen LogP contribution in [0.2, 0.25) is 0 Å². The number of hydrogen-bond acceptors (Lipinski definition) is 4. The molecule has 112 valence electrons. The van der Waals surface area contributed by atoms with Gasteiger partial charge in [0.1, 0.15) is 0 Å². The molecule has 2 fully saturated rings. The van der Waals surface area contributed by atoms with Crippen molar-refractivity contribution in [3.8, 4) is 0 Å². The third-order valence-electron chi connectivity index (χ3n) is 4.44. The Balaban J connectivity index is 1.68. The van der Waals surface area contributed by atoms with E-state index in [-0.39, 0.29) is 5.60 Å². The van der Waals surface area contributed by atoms with E-state index in [4.69, 9.17) is 4.74 Å². The summed E-state index contributed by atoms with van der Waals surface area (Å²) in [7, 11) is 0. The summed E-state index contributed by atoms with van der Waals surface area (Å²) in [5.41, 5.74) is -0.396. The lowest BCUT2D eigenvalue weighted by Crippen LogP contribution is -2.43. The van der Waals surface area contributed by atoms with E-state index in [0.717, 1.165) is 12.3 Å². The maximum atomic E-state index is 10.1. The Bertz CT molecular complexity index is 277. The molecule has 0 amide bonds. The van der Waals surface area contributed by atoms with Gasteiger partial charge in [-0.3, -0.25) is 0 Å². The third kappa shape index (κ3) is 4.62. The largest absolute Gasteiger partial charge is 0.388 e. The number of ether oxygens (including phenoxy) is 1. The number of aliphatic hydroxyl groups is 1. The van der Waals surface area contributed by atoms with Crippen molar-refractivity contribution >= 4 is 11.8 Å². The van der Waals surface area contributed by atoms with Crippen molar-refractivity contribution in [2.75, 3.05) is 25.1 Å². The Morgan fingerprint density at radius 1 is 1.32 bits per heavy atom. The Labute approximate surface area is 121 Å². The standard InChI is InChI=1S/C15H29NO2S/c1-14(17,12-19-2)11-16-10-13-6-9-15(18-13)7-4-3-5-8-15/h13,16-17H,3-12H2,1-2H3. The molecule has 1 saturated carbocycles. The molecule has 0 bridgehead atoms. The summed E-state index contributed by atoms with van der Waals surface area (Å²) < 4.78 is 6.32. The molecule has 2 N–H and O–H groups in total. The fourth-order valence-corrected chi connectivity index (χ4v) is 4.19. The van der Waals surface area contributed by atoms with Crippen LogP contribution < -0.4 is 5.32 Å². The highest BCUT2D eigenvalue weighted by Crippen LogP contribution is 2.41. The van der Waals surface area contributed by atoms with Crippen molar-refractivity contribution < 1.29 is 9.84 Å². The highest BCUT2D eigenvalue weighted by Gasteiger charge is 2.40. The van der Waals surface area contributed by atoms with Crippen molar-refractivity contribution in [3.63, 3.8) is 0 Å². The summed E-state index contributed by atoms with van der Waals surface area (Å²) in [5, 5.41) is 13.5. The van der Waals surface area contributed by atoms with Gasteiger partial charge in [-0.05, 0) is 38.9 Å². The fourth-order valence-electron chi connectivity index (χ4n) is 3.47. The van der Waals surface area contributed by atoms with E-state index in [1.165, 1.54) is 44.9 Å². The van der Waals surface area contributed by atoms with E-state index in [0.29, 0.717) is 12.6 Å². The molecule has 1 saturated heterocycles. The van der Waals surface area contributed by atoms with Gasteiger partial charge in [0.05, 0.1) is 17.3 Å². The molecule has 4 heteroatoms. The van der Waals surface area contributed by atoms with Gasteiger partial charge in [0.2, 0.25) is 0 Å². The van der Waals surface area contributed by atoms with Gasteiger partial charge >= 0.3 is 0 Å². The average molecular weight is 287 g/mol. The maximum Gasteiger partial charge on any atom is 0.0833 e. The van der Waals surface area contributed by atoms with Crippen molar-refractivity contribution in [1.82, 2.24) is 5.32 Å². The summed E-state index contributed by atoms with van der Waals surface area (Å²) in [5.74, 6) is 0.773. The molecule has 0 aromatic heterocycles. The van der Waals surface area contributed by atoms with Gasteiger partial charge in [0.15, 0.2) is 0 Å². The second-order valence-corrected chi connectivity index (χ2v) is 7.45. The van der Waals surface area contributed by atoms with E-state index < -0.39 is 5.60 Å². The lowest BCUT2D eigenvalue weighted by molar-refractivity contribution is -0.0632. The van der Waals surface area contributed by atoms with Gasteiger partial charge in [-0.2, -0.15) is 11.8 Å². The van der Waals surface area contributed by atoms with Gasteiger partial charge in [-0.15, -0.1) is 0 Å². The zero-order valence-electron chi connectivity index (χ0n) is 12.4. The van der Waals surface area contributed by atoms with Crippen LogP contribution in [0.15, 0.2) is 0 Å². The zero-order chi connectivity index (χ0) is 13.8. The van der Waals surface area contributed by atoms with Crippen LogP contribution in [-0.4, -0.2) is 47.5 Å². The summed E-state index contributed by atoms with van der Waals surface area (Å²) in [4.78, 5) is 0. The summed E-state index contributed by atoms with van der Waals surface area (Å²) in [6.07, 6.45) is 11.4. The highest BCUT2D eigenvalue weighted by atomic mass is 32.2. The molecular formula is C15H29NO2S. The Kier molecular flexibility index (Phi) is 5.58. The fraction of sp³-hybridized carbons (Fsp3) is 1.00. The average Bonchev–Trinajstić information content (AvgIpc) is 2.73. The quantitative estimate of drug-likeness (QED) is 0.788. The van der Waals surface area contributed by atoms with E-state index in [1.807, 2.05) is 13.2 Å². The predicted octanol–water partition coefficient (Wildman–Crippen LogP) is 2.57. The Hall–Kier alpha value is 0.230. The molecule has 0 aromatic rings. The molecule has 19 heavy (non-hydrogen) atoms. The number of nitrogens with one attached hydrogen (secondary N) is 1. The number of rotatable bonds is 6. The van der Waals surface area contributed by atoms with Gasteiger partial charge < -0.3 is 15.2 Å². The van der Waals surface area contributed by atoms with Gasteiger partial charge in [0, 0.05) is 18.8 Å². The predicted molar refractivity (Wildman–Crippen MR) is 81.8 cm³/mol. The first-order valence-corrected chi connectivity index (χ1v) is 9.05. The molecule has 3 nitrogen and oxygen atoms in total. The minimum atomic E-state index is -0.611. The van der Waals surface area contributed by atoms with E-state index in [2.05, 4.69) is 5.32 Å². The smallest absolute Gasteiger partial charge is 0.0833 e. The summed E-state index contributed by atoms with van der Waals surface area (Å²) in [6.45, 7) is 3.43. The molecule has 1 aliphatic heterocycles. The third-order valence-corrected chi connectivity index (χ3v) is 5.35. The summed E-state index contributed by atoms with van der Waals surface area (Å²) >= 11 is 1.69. The van der Waals surface area contributed by atoms with Crippen molar-refractivity contribution in [1.29, 1.82) is 0 Å². The molecule has 2 atom stereocenters. The van der Waals surface area contributed by atoms with Gasteiger partial charge in [-0.25, -0.2) is 0 Å². The minimum Gasteiger partial charge on any atom is -0.388 e. The van der Waals surface area contributed by atoms with Crippen molar-refractivity contribution in [2.24, 2.45) is 0 Å². The van der Waals surface area contributed by atoms with Crippen LogP contribution in [0.3, 0.4) is 0 Å². The van der Waals surface area contributed by atoms with Crippen molar-refractivity contribution in [3.05, 3.63) is 0 Å². The first-order chi connectivity index (χ1) is 9.05. The van der Waals surface area contributed by atoms with Crippen LogP contribution in [-0.2, 0) is 4.74 Å². The first kappa shape index (κ1) is 15.6. The zero-order valence-corrected chi connectivity index (χ0v) is 13.2. The van der Waals surface area contributed by atoms with E-state index in [9.17, 15) is 5.11 Å². The molecule has 1 heterocycles. The Morgan fingerprint density at radius 3 is 2.74 bits per heavy atom. The topological polar surface area (TPSA) is 41.5 Å². The summed E-state index contributed by atoms with van der Waals surface area (Å²) in [6, 6.07) is 0. The lowest BCUT2D eigenvalue weighted by Gasteiger charge is -2.33. The molecule has 2 aliphatic rings. The van der Waals surface area contributed by atoms with Gasteiger partial charge in [0.25, 0.3) is 0 Å². The van der Waals surface area contributed by atoms with Crippen LogP contribution in [0.4, 0.5) is 0 Å². The van der Waals surface area contributed by atoms with E-state index >= 15 is 0 Å². The molecule has 0 radical (unpaired) electrons. The van der Waals surface area contributed by atoms with E-state index in [1.54, 1.807) is 11.8 Å². The number of hydrogen-bond donors (Lipinski definition) is 2. The SMILES string of the molecule is CSCC(C)(O)CNCC1CCC2(CCCCC2)O1. The molecule has 1 aliphatic carbocycles. The highest BCUT2D eigenvalue weighted by molar-refractivity contribution is 7.98. The second kappa shape index (κ2) is 6.79. The maximum absolute atomic E-state index is 10.1. The van der Waals surface area contributed by atoms with Crippen molar-refractivity contribution in [2.45, 2.75) is 69.2 Å². The van der Waals surface area contributed by atoms with Crippen LogP contribution in [0.5, 0.6) is 0 Å². The molecule has 0 aromatic carbocycles. The lowest BCUT2D eigenvalue weighted by atomic mass is 9.83. The first-order valence-electron chi connectivity index (χ1n) is 7.65. The molecule has 1 spiro atoms. The Morgan fingerprint density at radius 2 is 2.05 bits per heavy atom. The monoisotopic (exact) mass is 287 g/mol. The molecule has 2 rings (SSSR count). The van der Waals surface area contributed by atoms with Crippen LogP contribution in [0.25, 0.3) is 0 Å².